The van der Waals surface area contributed by atoms with Gasteiger partial charge < -0.3 is 4.74 Å². The summed E-state index contributed by atoms with van der Waals surface area (Å²) in [4.78, 5) is 13.7. The molecule has 0 bridgehead atoms. The summed E-state index contributed by atoms with van der Waals surface area (Å²) in [7, 11) is 0. The number of carbonyl (C=O) groups excluding carboxylic acids is 1. The molecule has 0 aromatic heterocycles. The summed E-state index contributed by atoms with van der Waals surface area (Å²) in [6, 6.07) is 0. The van der Waals surface area contributed by atoms with Crippen LogP contribution >= 0.6 is 0 Å². The Bertz CT molecular complexity index is 268. The molecular weight excluding hydrogens is 130 g/mol. The first-order valence-corrected chi connectivity index (χ1v) is 2.74. The van der Waals surface area contributed by atoms with Gasteiger partial charge in [0.05, 0.1) is 0 Å². The van der Waals surface area contributed by atoms with E-state index in [0.717, 1.165) is 5.57 Å². The summed E-state index contributed by atoms with van der Waals surface area (Å²) in [5.41, 5.74) is 0.749. The molecule has 0 atom stereocenters. The minimum absolute atomic E-state index is 0.368. The van der Waals surface area contributed by atoms with Crippen LogP contribution in [0, 0.1) is 6.57 Å². The molecule has 0 saturated carbocycles. The van der Waals surface area contributed by atoms with E-state index in [-0.39, 0.29) is 5.97 Å². The molecule has 0 unspecified atom stereocenters. The van der Waals surface area contributed by atoms with E-state index in [0.29, 0.717) is 5.76 Å². The van der Waals surface area contributed by atoms with Gasteiger partial charge >= 0.3 is 12.2 Å². The van der Waals surface area contributed by atoms with Gasteiger partial charge in [0.2, 0.25) is 5.76 Å². The van der Waals surface area contributed by atoms with Gasteiger partial charge in [0.25, 0.3) is 6.57 Å². The zero-order chi connectivity index (χ0) is 7.56. The van der Waals surface area contributed by atoms with Gasteiger partial charge in [-0.25, -0.2) is 4.79 Å². The number of cyclic esters (lactones) is 1. The summed E-state index contributed by atoms with van der Waals surface area (Å²) < 4.78 is 4.67. The fourth-order valence-electron chi connectivity index (χ4n) is 0.662. The molecule has 0 saturated heterocycles. The lowest BCUT2D eigenvalue weighted by Crippen LogP contribution is -1.89. The normalized spacial score (nSPS) is 20.2. The highest BCUT2D eigenvalue weighted by Gasteiger charge is 2.18. The summed E-state index contributed by atoms with van der Waals surface area (Å²) >= 11 is 0. The number of rotatable bonds is 0. The van der Waals surface area contributed by atoms with E-state index >= 15 is 0 Å². The van der Waals surface area contributed by atoms with Gasteiger partial charge in [-0.15, -0.1) is 0 Å². The van der Waals surface area contributed by atoms with Crippen LogP contribution in [0.25, 0.3) is 4.85 Å². The van der Waals surface area contributed by atoms with Crippen molar-refractivity contribution in [3.8, 4) is 6.57 Å². The van der Waals surface area contributed by atoms with Crippen molar-refractivity contribution in [1.82, 2.24) is 0 Å². The molecular formula is C7H6NO2+. The van der Waals surface area contributed by atoms with Gasteiger partial charge in [0, 0.05) is 11.6 Å². The Kier molecular flexibility index (Phi) is 1.55. The maximum Gasteiger partial charge on any atom is 0.347 e. The van der Waals surface area contributed by atoms with Crippen molar-refractivity contribution in [2.24, 2.45) is 0 Å². The van der Waals surface area contributed by atoms with Crippen LogP contribution < -0.4 is 0 Å². The number of allylic oxidation sites excluding steroid dienone is 1. The Hall–Kier alpha value is -1.56. The van der Waals surface area contributed by atoms with Crippen LogP contribution in [0.1, 0.15) is 6.92 Å². The first-order chi connectivity index (χ1) is 4.74. The first kappa shape index (κ1) is 6.56. The lowest BCUT2D eigenvalue weighted by atomic mass is 10.3. The number of carbonyl (C=O) groups is 1. The average Bonchev–Trinajstić information content (AvgIpc) is 2.13. The van der Waals surface area contributed by atoms with Crippen LogP contribution in [0.2, 0.25) is 0 Å². The minimum atomic E-state index is -0.368. The highest BCUT2D eigenvalue weighted by Crippen LogP contribution is 2.18. The second-order valence-corrected chi connectivity index (χ2v) is 1.89. The predicted molar refractivity (Wildman–Crippen MR) is 36.2 cm³/mol. The number of hydrogen-bond donors (Lipinski definition) is 0. The number of hydrogen-bond acceptors (Lipinski definition) is 2. The molecule has 1 heterocycles. The van der Waals surface area contributed by atoms with Crippen LogP contribution in [-0.4, -0.2) is 5.97 Å². The number of esters is 1. The summed E-state index contributed by atoms with van der Waals surface area (Å²) in [6.07, 6.45) is 2.69. The van der Waals surface area contributed by atoms with Crippen molar-refractivity contribution < 1.29 is 9.53 Å². The van der Waals surface area contributed by atoms with E-state index in [1.807, 2.05) is 0 Å². The molecule has 1 rings (SSSR count). The SMILES string of the molecule is C#[N+]C=C1OC(=O)C=C1C. The van der Waals surface area contributed by atoms with Gasteiger partial charge in [0.15, 0.2) is 0 Å². The maximum absolute atomic E-state index is 10.5. The van der Waals surface area contributed by atoms with Crippen LogP contribution in [0.4, 0.5) is 0 Å². The van der Waals surface area contributed by atoms with Crippen LogP contribution in [0.3, 0.4) is 0 Å². The van der Waals surface area contributed by atoms with E-state index in [1.54, 1.807) is 6.92 Å². The topological polar surface area (TPSA) is 30.7 Å². The zero-order valence-electron chi connectivity index (χ0n) is 5.50. The average molecular weight is 136 g/mol. The van der Waals surface area contributed by atoms with Gasteiger partial charge in [0.1, 0.15) is 0 Å². The van der Waals surface area contributed by atoms with Crippen LogP contribution in [0.5, 0.6) is 0 Å². The Morgan fingerprint density at radius 3 is 2.90 bits per heavy atom. The Labute approximate surface area is 58.4 Å². The largest absolute Gasteiger partial charge is 0.415 e. The summed E-state index contributed by atoms with van der Waals surface area (Å²) in [6.45, 7) is 6.60. The van der Waals surface area contributed by atoms with E-state index in [1.165, 1.54) is 12.3 Å². The fourth-order valence-corrected chi connectivity index (χ4v) is 0.662. The third kappa shape index (κ3) is 1.06. The van der Waals surface area contributed by atoms with Crippen molar-refractivity contribution in [2.45, 2.75) is 6.92 Å². The zero-order valence-corrected chi connectivity index (χ0v) is 5.50. The molecule has 0 amide bonds. The van der Waals surface area contributed by atoms with Gasteiger partial charge in [-0.05, 0) is 11.8 Å². The summed E-state index contributed by atoms with van der Waals surface area (Å²) in [5, 5.41) is 0. The standard InChI is InChI=1S/C7H6NO2/c1-5-3-7(9)10-6(5)4-8-2/h2-4H,1H3/q+1. The van der Waals surface area contributed by atoms with Crippen LogP contribution in [-0.2, 0) is 9.53 Å². The van der Waals surface area contributed by atoms with E-state index in [4.69, 9.17) is 6.57 Å². The monoisotopic (exact) mass is 136 g/mol. The third-order valence-corrected chi connectivity index (χ3v) is 1.13. The maximum atomic E-state index is 10.5. The third-order valence-electron chi connectivity index (χ3n) is 1.13. The minimum Gasteiger partial charge on any atom is -0.415 e. The van der Waals surface area contributed by atoms with Crippen molar-refractivity contribution >= 4 is 5.97 Å². The second-order valence-electron chi connectivity index (χ2n) is 1.89. The van der Waals surface area contributed by atoms with E-state index in [9.17, 15) is 4.79 Å². The predicted octanol–water partition coefficient (Wildman–Crippen LogP) is 1.29. The molecule has 0 fully saturated rings. The van der Waals surface area contributed by atoms with Crippen molar-refractivity contribution in [3.63, 3.8) is 0 Å². The highest BCUT2D eigenvalue weighted by atomic mass is 16.5. The molecule has 3 nitrogen and oxygen atoms in total. The number of nitrogens with zero attached hydrogens (tertiary/aromatic N) is 1. The fraction of sp³-hybridized carbons (Fsp3) is 0.143. The molecule has 0 aliphatic carbocycles. The molecule has 0 spiro atoms. The van der Waals surface area contributed by atoms with Gasteiger partial charge in [-0.2, -0.15) is 0 Å². The lowest BCUT2D eigenvalue weighted by Gasteiger charge is -1.88. The van der Waals surface area contributed by atoms with Crippen molar-refractivity contribution in [1.29, 1.82) is 0 Å². The summed E-state index contributed by atoms with van der Waals surface area (Å²) in [5.74, 6) is 0.0555. The van der Waals surface area contributed by atoms with Crippen molar-refractivity contribution in [2.75, 3.05) is 0 Å². The molecule has 1 aliphatic heterocycles. The smallest absolute Gasteiger partial charge is 0.347 e. The molecule has 3 heteroatoms. The Morgan fingerprint density at radius 2 is 2.50 bits per heavy atom. The van der Waals surface area contributed by atoms with E-state index < -0.39 is 0 Å². The Balaban J connectivity index is 2.90. The molecule has 0 radical (unpaired) electrons. The van der Waals surface area contributed by atoms with Gasteiger partial charge in [-0.3, -0.25) is 0 Å². The quantitative estimate of drug-likeness (QED) is 0.470. The molecule has 0 N–H and O–H groups in total. The first-order valence-electron chi connectivity index (χ1n) is 2.74. The molecule has 1 aliphatic rings. The van der Waals surface area contributed by atoms with Crippen molar-refractivity contribution in [3.05, 3.63) is 28.5 Å². The van der Waals surface area contributed by atoms with Gasteiger partial charge in [-0.1, -0.05) is 0 Å². The van der Waals surface area contributed by atoms with Crippen LogP contribution in [0.15, 0.2) is 23.6 Å². The number of ether oxygens (including phenoxy) is 1. The Morgan fingerprint density at radius 1 is 1.80 bits per heavy atom. The van der Waals surface area contributed by atoms with E-state index in [2.05, 4.69) is 9.58 Å². The molecule has 0 aromatic carbocycles. The molecule has 10 heavy (non-hydrogen) atoms. The molecule has 50 valence electrons. The lowest BCUT2D eigenvalue weighted by molar-refractivity contribution is -0.132. The second kappa shape index (κ2) is 2.36. The molecule has 0 aromatic rings. The highest BCUT2D eigenvalue weighted by molar-refractivity contribution is 5.88.